The van der Waals surface area contributed by atoms with Crippen molar-refractivity contribution in [2.24, 2.45) is 11.8 Å². The van der Waals surface area contributed by atoms with E-state index in [1.165, 1.54) is 17.8 Å². The van der Waals surface area contributed by atoms with Gasteiger partial charge in [-0.05, 0) is 25.2 Å². The Morgan fingerprint density at radius 2 is 2.06 bits per heavy atom. The van der Waals surface area contributed by atoms with E-state index in [9.17, 15) is 4.79 Å². The highest BCUT2D eigenvalue weighted by Gasteiger charge is 2.27. The molecule has 2 heterocycles. The monoisotopic (exact) mass is 238 g/mol. The molecule has 0 saturated carbocycles. The van der Waals surface area contributed by atoms with Gasteiger partial charge in [-0.3, -0.25) is 4.79 Å². The first-order valence-electron chi connectivity index (χ1n) is 5.77. The van der Waals surface area contributed by atoms with Crippen LogP contribution in [-0.4, -0.2) is 28.9 Å². The molecule has 88 valence electrons. The molecule has 1 aliphatic rings. The van der Waals surface area contributed by atoms with Crippen molar-refractivity contribution in [2.45, 2.75) is 27.2 Å². The summed E-state index contributed by atoms with van der Waals surface area (Å²) >= 11 is 1.45. The molecule has 2 rings (SSSR count). The average molecular weight is 238 g/mol. The number of nitrogens with zero attached hydrogens (tertiary/aromatic N) is 2. The van der Waals surface area contributed by atoms with Crippen LogP contribution in [-0.2, 0) is 0 Å². The highest BCUT2D eigenvalue weighted by Crippen LogP contribution is 2.24. The van der Waals surface area contributed by atoms with Crippen LogP contribution in [0.4, 0.5) is 0 Å². The number of aryl methyl sites for hydroxylation is 1. The number of hydrogen-bond acceptors (Lipinski definition) is 3. The van der Waals surface area contributed by atoms with E-state index in [1.807, 2.05) is 11.8 Å². The number of amides is 1. The fraction of sp³-hybridized carbons (Fsp3) is 0.667. The molecule has 3 nitrogen and oxygen atoms in total. The molecule has 2 atom stereocenters. The molecule has 4 heteroatoms. The second kappa shape index (κ2) is 4.53. The molecule has 0 aromatic carbocycles. The number of rotatable bonds is 1. The predicted octanol–water partition coefficient (Wildman–Crippen LogP) is 2.57. The van der Waals surface area contributed by atoms with E-state index >= 15 is 0 Å². The van der Waals surface area contributed by atoms with Gasteiger partial charge in [-0.15, -0.1) is 11.3 Å². The summed E-state index contributed by atoms with van der Waals surface area (Å²) in [6.45, 7) is 8.12. The smallest absolute Gasteiger partial charge is 0.265 e. The van der Waals surface area contributed by atoms with Gasteiger partial charge in [-0.1, -0.05) is 13.8 Å². The predicted molar refractivity (Wildman–Crippen MR) is 65.7 cm³/mol. The van der Waals surface area contributed by atoms with Gasteiger partial charge in [0.2, 0.25) is 0 Å². The summed E-state index contributed by atoms with van der Waals surface area (Å²) in [5.41, 5.74) is 2.61. The molecular weight excluding hydrogens is 220 g/mol. The zero-order chi connectivity index (χ0) is 11.7. The van der Waals surface area contributed by atoms with Crippen LogP contribution >= 0.6 is 11.3 Å². The van der Waals surface area contributed by atoms with Crippen LogP contribution < -0.4 is 0 Å². The van der Waals surface area contributed by atoms with Crippen molar-refractivity contribution in [3.63, 3.8) is 0 Å². The zero-order valence-corrected chi connectivity index (χ0v) is 10.9. The fourth-order valence-electron chi connectivity index (χ4n) is 2.48. The Labute approximate surface area is 100 Å². The third-order valence-electron chi connectivity index (χ3n) is 3.10. The lowest BCUT2D eigenvalue weighted by Crippen LogP contribution is -2.42. The minimum absolute atomic E-state index is 0.165. The molecule has 1 fully saturated rings. The standard InChI is InChI=1S/C12H18N2OS/c1-8-4-9(2)6-14(5-8)12(15)11-10(3)13-7-16-11/h7-9H,4-6H2,1-3H3/t8-,9+. The van der Waals surface area contributed by atoms with E-state index in [0.29, 0.717) is 11.8 Å². The first-order chi connectivity index (χ1) is 7.58. The SMILES string of the molecule is Cc1ncsc1C(=O)N1C[C@H](C)C[C@H](C)C1. The van der Waals surface area contributed by atoms with Gasteiger partial charge in [-0.2, -0.15) is 0 Å². The summed E-state index contributed by atoms with van der Waals surface area (Å²) in [6, 6.07) is 0. The van der Waals surface area contributed by atoms with Crippen molar-refractivity contribution in [3.05, 3.63) is 16.1 Å². The molecule has 0 bridgehead atoms. The lowest BCUT2D eigenvalue weighted by atomic mass is 9.92. The maximum Gasteiger partial charge on any atom is 0.265 e. The number of thiazole rings is 1. The molecule has 16 heavy (non-hydrogen) atoms. The van der Waals surface area contributed by atoms with Crippen molar-refractivity contribution < 1.29 is 4.79 Å². The Kier molecular flexibility index (Phi) is 3.28. The molecule has 0 N–H and O–H groups in total. The summed E-state index contributed by atoms with van der Waals surface area (Å²) < 4.78 is 0. The van der Waals surface area contributed by atoms with Crippen LogP contribution in [0, 0.1) is 18.8 Å². The molecule has 1 saturated heterocycles. The lowest BCUT2D eigenvalue weighted by Gasteiger charge is -2.34. The Morgan fingerprint density at radius 3 is 2.56 bits per heavy atom. The third-order valence-corrected chi connectivity index (χ3v) is 4.01. The van der Waals surface area contributed by atoms with Crippen molar-refractivity contribution in [3.8, 4) is 0 Å². The van der Waals surface area contributed by atoms with Crippen molar-refractivity contribution in [1.29, 1.82) is 0 Å². The number of aromatic nitrogens is 1. The van der Waals surface area contributed by atoms with Gasteiger partial charge in [0, 0.05) is 13.1 Å². The van der Waals surface area contributed by atoms with Gasteiger partial charge >= 0.3 is 0 Å². The molecule has 0 aliphatic carbocycles. The number of piperidine rings is 1. The number of likely N-dealkylation sites (tertiary alicyclic amines) is 1. The van der Waals surface area contributed by atoms with Crippen molar-refractivity contribution >= 4 is 17.2 Å². The van der Waals surface area contributed by atoms with E-state index in [1.54, 1.807) is 5.51 Å². The molecule has 1 aliphatic heterocycles. The first kappa shape index (κ1) is 11.6. The van der Waals surface area contributed by atoms with E-state index in [0.717, 1.165) is 23.7 Å². The Hall–Kier alpha value is -0.900. The van der Waals surface area contributed by atoms with Crippen molar-refractivity contribution in [2.75, 3.05) is 13.1 Å². The topological polar surface area (TPSA) is 33.2 Å². The Morgan fingerprint density at radius 1 is 1.44 bits per heavy atom. The summed E-state index contributed by atoms with van der Waals surface area (Å²) in [4.78, 5) is 19.2. The quantitative estimate of drug-likeness (QED) is 0.753. The normalized spacial score (nSPS) is 25.8. The number of carbonyl (C=O) groups is 1. The van der Waals surface area contributed by atoms with Crippen LogP contribution in [0.2, 0.25) is 0 Å². The van der Waals surface area contributed by atoms with E-state index in [-0.39, 0.29) is 5.91 Å². The van der Waals surface area contributed by atoms with Gasteiger partial charge in [0.1, 0.15) is 4.88 Å². The Balaban J connectivity index is 2.13. The van der Waals surface area contributed by atoms with E-state index < -0.39 is 0 Å². The summed E-state index contributed by atoms with van der Waals surface area (Å²) in [5.74, 6) is 1.39. The van der Waals surface area contributed by atoms with E-state index in [2.05, 4.69) is 18.8 Å². The summed E-state index contributed by atoms with van der Waals surface area (Å²) in [5, 5.41) is 0. The van der Waals surface area contributed by atoms with Gasteiger partial charge in [0.25, 0.3) is 5.91 Å². The highest BCUT2D eigenvalue weighted by atomic mass is 32.1. The van der Waals surface area contributed by atoms with Crippen LogP contribution in [0.5, 0.6) is 0 Å². The van der Waals surface area contributed by atoms with Crippen LogP contribution in [0.1, 0.15) is 35.6 Å². The maximum atomic E-state index is 12.3. The molecule has 0 spiro atoms. The van der Waals surface area contributed by atoms with Gasteiger partial charge < -0.3 is 4.90 Å². The van der Waals surface area contributed by atoms with Gasteiger partial charge in [0.05, 0.1) is 11.2 Å². The average Bonchev–Trinajstić information content (AvgIpc) is 2.62. The minimum atomic E-state index is 0.165. The molecule has 0 unspecified atom stereocenters. The van der Waals surface area contributed by atoms with Crippen LogP contribution in [0.15, 0.2) is 5.51 Å². The number of hydrogen-bond donors (Lipinski definition) is 0. The molecule has 1 aromatic rings. The summed E-state index contributed by atoms with van der Waals surface area (Å²) in [7, 11) is 0. The second-order valence-electron chi connectivity index (χ2n) is 4.92. The zero-order valence-electron chi connectivity index (χ0n) is 10.1. The van der Waals surface area contributed by atoms with Gasteiger partial charge in [0.15, 0.2) is 0 Å². The van der Waals surface area contributed by atoms with Gasteiger partial charge in [-0.25, -0.2) is 4.98 Å². The van der Waals surface area contributed by atoms with Crippen molar-refractivity contribution in [1.82, 2.24) is 9.88 Å². The summed E-state index contributed by atoms with van der Waals surface area (Å²) in [6.07, 6.45) is 1.23. The van der Waals surface area contributed by atoms with Crippen LogP contribution in [0.25, 0.3) is 0 Å². The fourth-order valence-corrected chi connectivity index (χ4v) is 3.25. The molecular formula is C12H18N2OS. The number of carbonyl (C=O) groups excluding carboxylic acids is 1. The third kappa shape index (κ3) is 2.26. The van der Waals surface area contributed by atoms with Crippen LogP contribution in [0.3, 0.4) is 0 Å². The minimum Gasteiger partial charge on any atom is -0.337 e. The largest absolute Gasteiger partial charge is 0.337 e. The molecule has 1 aromatic heterocycles. The molecule has 0 radical (unpaired) electrons. The first-order valence-corrected chi connectivity index (χ1v) is 6.65. The Bertz CT molecular complexity index is 378. The van der Waals surface area contributed by atoms with E-state index in [4.69, 9.17) is 0 Å². The lowest BCUT2D eigenvalue weighted by molar-refractivity contribution is 0.0627. The highest BCUT2D eigenvalue weighted by molar-refractivity contribution is 7.11. The second-order valence-corrected chi connectivity index (χ2v) is 5.78. The molecule has 1 amide bonds. The maximum absolute atomic E-state index is 12.3.